The molecule has 0 aliphatic carbocycles. The van der Waals surface area contributed by atoms with Crippen LogP contribution in [0.25, 0.3) is 0 Å². The Labute approximate surface area is 124 Å². The molecule has 0 spiro atoms. The second-order valence-electron chi connectivity index (χ2n) is 4.08. The van der Waals surface area contributed by atoms with Crippen LogP contribution >= 0.6 is 7.60 Å². The lowest BCUT2D eigenvalue weighted by molar-refractivity contribution is -0.140. The smallest absolute Gasteiger partial charge is 0.349 e. The van der Waals surface area contributed by atoms with Crippen molar-refractivity contribution in [2.24, 2.45) is 0 Å². The number of rotatable bonds is 8. The largest absolute Gasteiger partial charge is 0.497 e. The van der Waals surface area contributed by atoms with Gasteiger partial charge in [-0.3, -0.25) is 9.36 Å². The van der Waals surface area contributed by atoms with Crippen LogP contribution in [0.5, 0.6) is 5.75 Å². The minimum atomic E-state index is -3.68. The number of carbonyl (C=O) groups excluding carboxylic acids is 1. The average molecular weight is 316 g/mol. The summed E-state index contributed by atoms with van der Waals surface area (Å²) in [5.41, 5.74) is -0.677. The standard InChI is InChI=1S/C14H21O6P/c1-5-19-21(16,20-6-2)13(14(15)18-4)11-8-7-9-12(10-11)17-3/h7-10,13H,5-6H2,1-4H3/t13-/m1/s1. The van der Waals surface area contributed by atoms with E-state index in [9.17, 15) is 9.36 Å². The van der Waals surface area contributed by atoms with E-state index < -0.39 is 19.2 Å². The predicted molar refractivity (Wildman–Crippen MR) is 78.6 cm³/mol. The van der Waals surface area contributed by atoms with E-state index in [0.29, 0.717) is 11.3 Å². The highest BCUT2D eigenvalue weighted by molar-refractivity contribution is 7.55. The van der Waals surface area contributed by atoms with Crippen molar-refractivity contribution in [1.82, 2.24) is 0 Å². The van der Waals surface area contributed by atoms with E-state index in [4.69, 9.17) is 18.5 Å². The maximum absolute atomic E-state index is 12.9. The van der Waals surface area contributed by atoms with Gasteiger partial charge >= 0.3 is 13.6 Å². The maximum atomic E-state index is 12.9. The molecule has 6 nitrogen and oxygen atoms in total. The molecule has 21 heavy (non-hydrogen) atoms. The molecule has 0 saturated heterocycles. The normalized spacial score (nSPS) is 12.8. The summed E-state index contributed by atoms with van der Waals surface area (Å²) in [4.78, 5) is 12.1. The zero-order valence-electron chi connectivity index (χ0n) is 12.7. The monoisotopic (exact) mass is 316 g/mol. The number of hydrogen-bond acceptors (Lipinski definition) is 6. The van der Waals surface area contributed by atoms with E-state index in [1.54, 1.807) is 38.1 Å². The van der Waals surface area contributed by atoms with Crippen molar-refractivity contribution in [3.63, 3.8) is 0 Å². The van der Waals surface area contributed by atoms with Gasteiger partial charge < -0.3 is 18.5 Å². The highest BCUT2D eigenvalue weighted by atomic mass is 31.2. The van der Waals surface area contributed by atoms with Gasteiger partial charge in [-0.2, -0.15) is 0 Å². The lowest BCUT2D eigenvalue weighted by Crippen LogP contribution is -2.18. The molecule has 0 heterocycles. The van der Waals surface area contributed by atoms with E-state index in [2.05, 4.69) is 0 Å². The fourth-order valence-corrected chi connectivity index (χ4v) is 3.90. The summed E-state index contributed by atoms with van der Waals surface area (Å²) >= 11 is 0. The van der Waals surface area contributed by atoms with Gasteiger partial charge in [0.15, 0.2) is 5.66 Å². The third kappa shape index (κ3) is 4.30. The Bertz CT molecular complexity index is 506. The van der Waals surface area contributed by atoms with E-state index in [-0.39, 0.29) is 13.2 Å². The van der Waals surface area contributed by atoms with E-state index in [1.807, 2.05) is 0 Å². The van der Waals surface area contributed by atoms with Crippen LogP contribution in [-0.4, -0.2) is 33.4 Å². The highest BCUT2D eigenvalue weighted by Gasteiger charge is 2.43. The molecule has 0 N–H and O–H groups in total. The van der Waals surface area contributed by atoms with Gasteiger partial charge in [0.2, 0.25) is 0 Å². The molecular weight excluding hydrogens is 295 g/mol. The van der Waals surface area contributed by atoms with Gasteiger partial charge in [-0.1, -0.05) is 12.1 Å². The van der Waals surface area contributed by atoms with Gasteiger partial charge in [-0.05, 0) is 31.5 Å². The van der Waals surface area contributed by atoms with Gasteiger partial charge in [-0.25, -0.2) is 0 Å². The Morgan fingerprint density at radius 3 is 2.29 bits per heavy atom. The van der Waals surface area contributed by atoms with Crippen LogP contribution in [0.1, 0.15) is 25.1 Å². The quantitative estimate of drug-likeness (QED) is 0.542. The lowest BCUT2D eigenvalue weighted by Gasteiger charge is -2.24. The van der Waals surface area contributed by atoms with Gasteiger partial charge in [0, 0.05) is 0 Å². The van der Waals surface area contributed by atoms with Crippen LogP contribution in [0, 0.1) is 0 Å². The Hall–Kier alpha value is -1.36. The molecule has 0 unspecified atom stereocenters. The van der Waals surface area contributed by atoms with E-state index >= 15 is 0 Å². The summed E-state index contributed by atoms with van der Waals surface area (Å²) in [6.07, 6.45) is 0. The first kappa shape index (κ1) is 17.7. The van der Waals surface area contributed by atoms with Crippen LogP contribution in [0.2, 0.25) is 0 Å². The predicted octanol–water partition coefficient (Wildman–Crippen LogP) is 3.18. The maximum Gasteiger partial charge on any atom is 0.349 e. The molecule has 1 rings (SSSR count). The number of methoxy groups -OCH3 is 2. The molecule has 0 aromatic heterocycles. The van der Waals surface area contributed by atoms with Crippen molar-refractivity contribution < 1.29 is 27.9 Å². The molecular formula is C14H21O6P. The number of benzene rings is 1. The Balaban J connectivity index is 3.32. The topological polar surface area (TPSA) is 71.1 Å². The summed E-state index contributed by atoms with van der Waals surface area (Å²) in [7, 11) is -0.940. The summed E-state index contributed by atoms with van der Waals surface area (Å²) in [5.74, 6) is -0.130. The van der Waals surface area contributed by atoms with Crippen molar-refractivity contribution in [2.75, 3.05) is 27.4 Å². The van der Waals surface area contributed by atoms with Crippen LogP contribution in [0.3, 0.4) is 0 Å². The minimum absolute atomic E-state index is 0.161. The fraction of sp³-hybridized carbons (Fsp3) is 0.500. The summed E-state index contributed by atoms with van der Waals surface area (Å²) < 4.78 is 33.4. The molecule has 0 amide bonds. The SMILES string of the molecule is CCOP(=O)(OCC)[C@@H](C(=O)OC)c1cccc(OC)c1. The van der Waals surface area contributed by atoms with Gasteiger partial charge in [0.1, 0.15) is 5.75 Å². The summed E-state index contributed by atoms with van der Waals surface area (Å²) in [6, 6.07) is 6.71. The van der Waals surface area contributed by atoms with Gasteiger partial charge in [-0.15, -0.1) is 0 Å². The van der Waals surface area contributed by atoms with Crippen LogP contribution in [0.4, 0.5) is 0 Å². The number of carbonyl (C=O) groups is 1. The second kappa shape index (κ2) is 8.17. The molecule has 0 saturated carbocycles. The van der Waals surface area contributed by atoms with E-state index in [1.165, 1.54) is 14.2 Å². The molecule has 0 radical (unpaired) electrons. The molecule has 0 aliphatic rings. The number of hydrogen-bond donors (Lipinski definition) is 0. The van der Waals surface area contributed by atoms with Crippen molar-refractivity contribution in [3.8, 4) is 5.75 Å². The summed E-state index contributed by atoms with van der Waals surface area (Å²) in [6.45, 7) is 3.70. The second-order valence-corrected chi connectivity index (χ2v) is 6.19. The van der Waals surface area contributed by atoms with Gasteiger partial charge in [0.05, 0.1) is 27.4 Å². The Morgan fingerprint density at radius 1 is 1.19 bits per heavy atom. The third-order valence-corrected chi connectivity index (χ3v) is 5.15. The van der Waals surface area contributed by atoms with Crippen molar-refractivity contribution in [2.45, 2.75) is 19.5 Å². The minimum Gasteiger partial charge on any atom is -0.497 e. The molecule has 7 heteroatoms. The fourth-order valence-electron chi connectivity index (χ4n) is 1.92. The first-order valence-electron chi connectivity index (χ1n) is 6.63. The van der Waals surface area contributed by atoms with E-state index in [0.717, 1.165) is 0 Å². The molecule has 0 bridgehead atoms. The molecule has 1 atom stereocenters. The van der Waals surface area contributed by atoms with Crippen molar-refractivity contribution in [3.05, 3.63) is 29.8 Å². The molecule has 1 aromatic rings. The first-order valence-corrected chi connectivity index (χ1v) is 8.24. The molecule has 0 aliphatic heterocycles. The Morgan fingerprint density at radius 2 is 1.81 bits per heavy atom. The van der Waals surface area contributed by atoms with Crippen molar-refractivity contribution >= 4 is 13.6 Å². The van der Waals surface area contributed by atoms with Crippen molar-refractivity contribution in [1.29, 1.82) is 0 Å². The van der Waals surface area contributed by atoms with Crippen LogP contribution in [0.15, 0.2) is 24.3 Å². The lowest BCUT2D eigenvalue weighted by atomic mass is 10.1. The first-order chi connectivity index (χ1) is 10.0. The zero-order chi connectivity index (χ0) is 15.9. The number of esters is 1. The molecule has 118 valence electrons. The van der Waals surface area contributed by atoms with Crippen LogP contribution in [-0.2, 0) is 23.1 Å². The highest BCUT2D eigenvalue weighted by Crippen LogP contribution is 2.61. The zero-order valence-corrected chi connectivity index (χ0v) is 13.6. The molecule has 1 aromatic carbocycles. The Kier molecular flexibility index (Phi) is 6.89. The van der Waals surface area contributed by atoms with Gasteiger partial charge in [0.25, 0.3) is 0 Å². The van der Waals surface area contributed by atoms with Crippen LogP contribution < -0.4 is 4.74 Å². The summed E-state index contributed by atoms with van der Waals surface area (Å²) in [5, 5.41) is 0. The third-order valence-electron chi connectivity index (χ3n) is 2.77. The number of ether oxygens (including phenoxy) is 2. The average Bonchev–Trinajstić information content (AvgIpc) is 2.47. The molecule has 0 fully saturated rings.